The summed E-state index contributed by atoms with van der Waals surface area (Å²) in [6, 6.07) is 1.81. The Balaban J connectivity index is 2.63. The molecule has 0 aliphatic carbocycles. The van der Waals surface area contributed by atoms with E-state index in [9.17, 15) is 10.1 Å². The molecule has 0 amide bonds. The molecule has 6 nitrogen and oxygen atoms in total. The number of hydrogen-bond donors (Lipinski definition) is 1. The van der Waals surface area contributed by atoms with Gasteiger partial charge < -0.3 is 5.32 Å². The first-order chi connectivity index (χ1) is 8.63. The second-order valence-corrected chi connectivity index (χ2v) is 4.41. The predicted octanol–water partition coefficient (Wildman–Crippen LogP) is 2.85. The van der Waals surface area contributed by atoms with Crippen LogP contribution in [0.3, 0.4) is 0 Å². The van der Waals surface area contributed by atoms with Crippen LogP contribution in [0, 0.1) is 17.0 Å². The molecule has 0 radical (unpaired) electrons. The van der Waals surface area contributed by atoms with E-state index in [0.717, 1.165) is 5.56 Å². The van der Waals surface area contributed by atoms with Crippen LogP contribution in [0.2, 0.25) is 0 Å². The van der Waals surface area contributed by atoms with E-state index in [2.05, 4.69) is 15.3 Å². The number of nitrogens with zero attached hydrogens (tertiary/aromatic N) is 3. The van der Waals surface area contributed by atoms with Gasteiger partial charge in [-0.2, -0.15) is 11.3 Å². The largest absolute Gasteiger partial charge is 0.354 e. The van der Waals surface area contributed by atoms with Crippen molar-refractivity contribution in [3.05, 3.63) is 32.6 Å². The monoisotopic (exact) mass is 264 g/mol. The average Bonchev–Trinajstić information content (AvgIpc) is 2.81. The summed E-state index contributed by atoms with van der Waals surface area (Å²) in [7, 11) is 0. The average molecular weight is 264 g/mol. The minimum absolute atomic E-state index is 0.0324. The smallest absolute Gasteiger partial charge is 0.316 e. The number of aryl methyl sites for hydroxylation is 1. The maximum absolute atomic E-state index is 11.1. The highest BCUT2D eigenvalue weighted by Gasteiger charge is 2.23. The zero-order valence-corrected chi connectivity index (χ0v) is 10.8. The van der Waals surface area contributed by atoms with Crippen LogP contribution in [0.15, 0.2) is 16.8 Å². The first-order valence-corrected chi connectivity index (χ1v) is 6.37. The molecule has 2 heterocycles. The Hall–Kier alpha value is -2.02. The van der Waals surface area contributed by atoms with Crippen LogP contribution in [0.1, 0.15) is 12.6 Å². The van der Waals surface area contributed by atoms with Gasteiger partial charge in [-0.15, -0.1) is 0 Å². The van der Waals surface area contributed by atoms with Gasteiger partial charge in [-0.25, -0.2) is 9.97 Å². The van der Waals surface area contributed by atoms with E-state index in [4.69, 9.17) is 0 Å². The number of hydrogen-bond acceptors (Lipinski definition) is 6. The summed E-state index contributed by atoms with van der Waals surface area (Å²) in [6.45, 7) is 4.21. The van der Waals surface area contributed by atoms with Crippen molar-refractivity contribution in [2.24, 2.45) is 0 Å². The van der Waals surface area contributed by atoms with E-state index in [0.29, 0.717) is 23.9 Å². The molecule has 0 spiro atoms. The molecule has 0 aromatic carbocycles. The third-order valence-corrected chi connectivity index (χ3v) is 3.05. The van der Waals surface area contributed by atoms with Crippen molar-refractivity contribution in [1.29, 1.82) is 0 Å². The molecular formula is C11H12N4O2S. The third-order valence-electron chi connectivity index (χ3n) is 2.37. The Morgan fingerprint density at radius 2 is 2.28 bits per heavy atom. The van der Waals surface area contributed by atoms with Gasteiger partial charge in [0.05, 0.1) is 4.92 Å². The lowest BCUT2D eigenvalue weighted by molar-refractivity contribution is -0.385. The van der Waals surface area contributed by atoms with Crippen molar-refractivity contribution >= 4 is 23.0 Å². The Morgan fingerprint density at radius 1 is 1.50 bits per heavy atom. The normalized spacial score (nSPS) is 10.3. The van der Waals surface area contributed by atoms with Crippen LogP contribution in [0.4, 0.5) is 11.6 Å². The number of anilines is 1. The van der Waals surface area contributed by atoms with Crippen LogP contribution in [0.5, 0.6) is 0 Å². The van der Waals surface area contributed by atoms with Crippen molar-refractivity contribution in [2.45, 2.75) is 13.8 Å². The Labute approximate surface area is 108 Å². The van der Waals surface area contributed by atoms with Gasteiger partial charge in [-0.1, -0.05) is 0 Å². The summed E-state index contributed by atoms with van der Waals surface area (Å²) < 4.78 is 0. The molecule has 0 aliphatic rings. The quantitative estimate of drug-likeness (QED) is 0.678. The summed E-state index contributed by atoms with van der Waals surface area (Å²) in [5.41, 5.74) is 1.45. The molecule has 7 heteroatoms. The SMILES string of the molecule is CCNc1nc(C)c([N+](=O)[O-])c(-c2ccsc2)n1. The predicted molar refractivity (Wildman–Crippen MR) is 70.9 cm³/mol. The fraction of sp³-hybridized carbons (Fsp3) is 0.273. The van der Waals surface area contributed by atoms with E-state index in [1.54, 1.807) is 6.92 Å². The van der Waals surface area contributed by atoms with Gasteiger partial charge in [-0.3, -0.25) is 10.1 Å². The second-order valence-electron chi connectivity index (χ2n) is 3.63. The molecule has 2 aromatic rings. The topological polar surface area (TPSA) is 81.0 Å². The van der Waals surface area contributed by atoms with Crippen LogP contribution in [-0.4, -0.2) is 21.4 Å². The van der Waals surface area contributed by atoms with Crippen LogP contribution >= 0.6 is 11.3 Å². The number of rotatable bonds is 4. The number of thiophene rings is 1. The maximum Gasteiger partial charge on any atom is 0.316 e. The first kappa shape index (κ1) is 12.4. The van der Waals surface area contributed by atoms with Crippen LogP contribution in [0.25, 0.3) is 11.3 Å². The minimum atomic E-state index is -0.432. The molecule has 0 fully saturated rings. The molecule has 2 aromatic heterocycles. The van der Waals surface area contributed by atoms with Gasteiger partial charge in [0.1, 0.15) is 5.69 Å². The van der Waals surface area contributed by atoms with E-state index in [-0.39, 0.29) is 5.69 Å². The Kier molecular flexibility index (Phi) is 3.52. The zero-order chi connectivity index (χ0) is 13.1. The maximum atomic E-state index is 11.1. The van der Waals surface area contributed by atoms with Crippen molar-refractivity contribution in [2.75, 3.05) is 11.9 Å². The molecule has 1 N–H and O–H groups in total. The lowest BCUT2D eigenvalue weighted by Gasteiger charge is -2.07. The standard InChI is InChI=1S/C11H12N4O2S/c1-3-12-11-13-7(2)10(15(16)17)9(14-11)8-4-5-18-6-8/h4-6H,3H2,1-2H3,(H,12,13,14). The fourth-order valence-electron chi connectivity index (χ4n) is 1.62. The number of nitro groups is 1. The summed E-state index contributed by atoms with van der Waals surface area (Å²) in [5.74, 6) is 0.418. The molecule has 0 bridgehead atoms. The van der Waals surface area contributed by atoms with Gasteiger partial charge in [0.15, 0.2) is 5.69 Å². The summed E-state index contributed by atoms with van der Waals surface area (Å²) >= 11 is 1.48. The zero-order valence-electron chi connectivity index (χ0n) is 10.0. The van der Waals surface area contributed by atoms with Crippen LogP contribution < -0.4 is 5.32 Å². The molecule has 0 saturated carbocycles. The number of nitrogens with one attached hydrogen (secondary N) is 1. The molecular weight excluding hydrogens is 252 g/mol. The molecule has 0 atom stereocenters. The van der Waals surface area contributed by atoms with Gasteiger partial charge in [0.2, 0.25) is 5.95 Å². The summed E-state index contributed by atoms with van der Waals surface area (Å²) in [6.07, 6.45) is 0. The van der Waals surface area contributed by atoms with Gasteiger partial charge in [0, 0.05) is 17.5 Å². The summed E-state index contributed by atoms with van der Waals surface area (Å²) in [4.78, 5) is 19.0. The van der Waals surface area contributed by atoms with E-state index < -0.39 is 4.92 Å². The van der Waals surface area contributed by atoms with E-state index in [1.807, 2.05) is 23.8 Å². The first-order valence-electron chi connectivity index (χ1n) is 5.43. The van der Waals surface area contributed by atoms with Gasteiger partial charge in [0.25, 0.3) is 0 Å². The highest BCUT2D eigenvalue weighted by molar-refractivity contribution is 7.08. The molecule has 94 valence electrons. The second kappa shape index (κ2) is 5.09. The van der Waals surface area contributed by atoms with E-state index in [1.165, 1.54) is 11.3 Å². The third kappa shape index (κ3) is 2.30. The van der Waals surface area contributed by atoms with E-state index >= 15 is 0 Å². The molecule has 18 heavy (non-hydrogen) atoms. The lowest BCUT2D eigenvalue weighted by atomic mass is 10.2. The minimum Gasteiger partial charge on any atom is -0.354 e. The molecule has 0 unspecified atom stereocenters. The molecule has 2 rings (SSSR count). The van der Waals surface area contributed by atoms with Crippen molar-refractivity contribution in [1.82, 2.24) is 9.97 Å². The number of aromatic nitrogens is 2. The van der Waals surface area contributed by atoms with Gasteiger partial charge in [-0.05, 0) is 25.3 Å². The molecule has 0 aliphatic heterocycles. The summed E-state index contributed by atoms with van der Waals surface area (Å²) in [5, 5.41) is 17.8. The van der Waals surface area contributed by atoms with Crippen molar-refractivity contribution < 1.29 is 4.92 Å². The fourth-order valence-corrected chi connectivity index (χ4v) is 2.26. The van der Waals surface area contributed by atoms with Crippen molar-refractivity contribution in [3.8, 4) is 11.3 Å². The van der Waals surface area contributed by atoms with Crippen molar-refractivity contribution in [3.63, 3.8) is 0 Å². The highest BCUT2D eigenvalue weighted by atomic mass is 32.1. The Bertz CT molecular complexity index is 569. The van der Waals surface area contributed by atoms with Gasteiger partial charge >= 0.3 is 5.69 Å². The Morgan fingerprint density at radius 3 is 2.83 bits per heavy atom. The highest BCUT2D eigenvalue weighted by Crippen LogP contribution is 2.32. The van der Waals surface area contributed by atoms with Crippen LogP contribution in [-0.2, 0) is 0 Å². The lowest BCUT2D eigenvalue weighted by Crippen LogP contribution is -2.07. The molecule has 0 saturated heterocycles.